The van der Waals surface area contributed by atoms with E-state index in [0.29, 0.717) is 24.6 Å². The molecule has 19 heavy (non-hydrogen) atoms. The summed E-state index contributed by atoms with van der Waals surface area (Å²) < 4.78 is 5.47. The molecule has 5 nitrogen and oxygen atoms in total. The number of urea groups is 1. The average molecular weight is 261 g/mol. The van der Waals surface area contributed by atoms with Crippen LogP contribution in [-0.4, -0.2) is 19.2 Å². The van der Waals surface area contributed by atoms with Gasteiger partial charge in [-0.15, -0.1) is 0 Å². The summed E-state index contributed by atoms with van der Waals surface area (Å²) in [6, 6.07) is 7.29. The minimum absolute atomic E-state index is 0.213. The fourth-order valence-electron chi connectivity index (χ4n) is 1.47. The second-order valence-electron chi connectivity index (χ2n) is 4.30. The summed E-state index contributed by atoms with van der Waals surface area (Å²) >= 11 is 0. The van der Waals surface area contributed by atoms with Gasteiger partial charge in [0.05, 0.1) is 24.3 Å². The first-order valence-electron chi connectivity index (χ1n) is 6.24. The molecule has 0 saturated heterocycles. The molecule has 0 unspecified atom stereocenters. The fraction of sp³-hybridized carbons (Fsp3) is 0.429. The van der Waals surface area contributed by atoms with Gasteiger partial charge in [-0.25, -0.2) is 4.79 Å². The van der Waals surface area contributed by atoms with Crippen molar-refractivity contribution in [2.24, 2.45) is 5.92 Å². The van der Waals surface area contributed by atoms with E-state index in [1.807, 2.05) is 26.0 Å². The van der Waals surface area contributed by atoms with Crippen LogP contribution >= 0.6 is 0 Å². The summed E-state index contributed by atoms with van der Waals surface area (Å²) in [5.74, 6) is 0.432. The molecule has 1 atom stereocenters. The van der Waals surface area contributed by atoms with E-state index >= 15 is 0 Å². The van der Waals surface area contributed by atoms with Crippen LogP contribution in [0, 0.1) is 24.2 Å². The van der Waals surface area contributed by atoms with Gasteiger partial charge in [-0.1, -0.05) is 6.07 Å². The summed E-state index contributed by atoms with van der Waals surface area (Å²) in [4.78, 5) is 11.7. The van der Waals surface area contributed by atoms with Gasteiger partial charge in [-0.05, 0) is 38.5 Å². The van der Waals surface area contributed by atoms with Gasteiger partial charge in [0.15, 0.2) is 0 Å². The zero-order valence-electron chi connectivity index (χ0n) is 11.5. The van der Waals surface area contributed by atoms with Crippen molar-refractivity contribution in [3.05, 3.63) is 23.8 Å². The molecule has 0 radical (unpaired) electrons. The molecule has 0 aliphatic rings. The number of hydrogen-bond donors (Lipinski definition) is 2. The maximum atomic E-state index is 11.7. The Bertz CT molecular complexity index is 480. The first kappa shape index (κ1) is 14.8. The molecule has 0 heterocycles. The lowest BCUT2D eigenvalue weighted by Crippen LogP contribution is -2.32. The van der Waals surface area contributed by atoms with Crippen LogP contribution in [0.2, 0.25) is 0 Å². The van der Waals surface area contributed by atoms with Crippen LogP contribution < -0.4 is 15.4 Å². The molecule has 2 N–H and O–H groups in total. The monoisotopic (exact) mass is 261 g/mol. The Morgan fingerprint density at radius 1 is 1.53 bits per heavy atom. The second-order valence-corrected chi connectivity index (χ2v) is 4.30. The van der Waals surface area contributed by atoms with Crippen molar-refractivity contribution in [2.45, 2.75) is 20.8 Å². The molecule has 2 amide bonds. The molecule has 1 aromatic carbocycles. The lowest BCUT2D eigenvalue weighted by atomic mass is 10.2. The van der Waals surface area contributed by atoms with Crippen LogP contribution in [0.5, 0.6) is 5.75 Å². The SMILES string of the molecule is CCOc1cc(C)ccc1NC(=O)NC[C@@H](C)C#N. The van der Waals surface area contributed by atoms with Crippen LogP contribution in [0.25, 0.3) is 0 Å². The fourth-order valence-corrected chi connectivity index (χ4v) is 1.47. The molecular formula is C14H19N3O2. The van der Waals surface area contributed by atoms with Crippen molar-refractivity contribution in [2.75, 3.05) is 18.5 Å². The number of amides is 2. The Kier molecular flexibility index (Phi) is 5.68. The Balaban J connectivity index is 2.66. The van der Waals surface area contributed by atoms with E-state index in [1.54, 1.807) is 13.0 Å². The highest BCUT2D eigenvalue weighted by Gasteiger charge is 2.08. The highest BCUT2D eigenvalue weighted by molar-refractivity contribution is 5.91. The van der Waals surface area contributed by atoms with Gasteiger partial charge in [0, 0.05) is 6.54 Å². The Morgan fingerprint density at radius 3 is 2.89 bits per heavy atom. The molecule has 0 aromatic heterocycles. The topological polar surface area (TPSA) is 74.2 Å². The summed E-state index contributed by atoms with van der Waals surface area (Å²) in [5.41, 5.74) is 1.68. The molecule has 0 aliphatic carbocycles. The summed E-state index contributed by atoms with van der Waals surface area (Å²) in [6.45, 7) is 6.45. The molecule has 0 fully saturated rings. The van der Waals surface area contributed by atoms with Crippen molar-refractivity contribution in [1.29, 1.82) is 5.26 Å². The lowest BCUT2D eigenvalue weighted by molar-refractivity contribution is 0.251. The maximum absolute atomic E-state index is 11.7. The van der Waals surface area contributed by atoms with E-state index in [4.69, 9.17) is 10.00 Å². The number of nitrogens with zero attached hydrogens (tertiary/aromatic N) is 1. The standard InChI is InChI=1S/C14H19N3O2/c1-4-19-13-7-10(2)5-6-12(13)17-14(18)16-9-11(3)8-15/h5-7,11H,4,9H2,1-3H3,(H2,16,17,18)/t11-/m0/s1. The number of hydrogen-bond acceptors (Lipinski definition) is 3. The Hall–Kier alpha value is -2.22. The third kappa shape index (κ3) is 4.88. The number of ether oxygens (including phenoxy) is 1. The minimum Gasteiger partial charge on any atom is -0.492 e. The Morgan fingerprint density at radius 2 is 2.26 bits per heavy atom. The molecule has 5 heteroatoms. The van der Waals surface area contributed by atoms with Gasteiger partial charge in [0.1, 0.15) is 5.75 Å². The lowest BCUT2D eigenvalue weighted by Gasteiger charge is -2.13. The van der Waals surface area contributed by atoms with Gasteiger partial charge in [-0.2, -0.15) is 5.26 Å². The van der Waals surface area contributed by atoms with E-state index < -0.39 is 0 Å². The molecule has 102 valence electrons. The van der Waals surface area contributed by atoms with Crippen molar-refractivity contribution in [3.63, 3.8) is 0 Å². The molecule has 0 spiro atoms. The number of rotatable bonds is 5. The van der Waals surface area contributed by atoms with Crippen molar-refractivity contribution < 1.29 is 9.53 Å². The predicted octanol–water partition coefficient (Wildman–Crippen LogP) is 2.67. The number of nitriles is 1. The number of aryl methyl sites for hydroxylation is 1. The van der Waals surface area contributed by atoms with Gasteiger partial charge >= 0.3 is 6.03 Å². The van der Waals surface area contributed by atoms with Crippen molar-refractivity contribution >= 4 is 11.7 Å². The van der Waals surface area contributed by atoms with Crippen molar-refractivity contribution in [1.82, 2.24) is 5.32 Å². The molecule has 0 aliphatic heterocycles. The van der Waals surface area contributed by atoms with E-state index in [1.165, 1.54) is 0 Å². The van der Waals surface area contributed by atoms with Gasteiger partial charge in [-0.3, -0.25) is 0 Å². The smallest absolute Gasteiger partial charge is 0.319 e. The minimum atomic E-state index is -0.341. The largest absolute Gasteiger partial charge is 0.492 e. The van der Waals surface area contributed by atoms with E-state index in [9.17, 15) is 4.79 Å². The van der Waals surface area contributed by atoms with Crippen LogP contribution in [-0.2, 0) is 0 Å². The number of benzene rings is 1. The molecule has 1 rings (SSSR count). The third-order valence-corrected chi connectivity index (χ3v) is 2.47. The van der Waals surface area contributed by atoms with E-state index in [0.717, 1.165) is 5.56 Å². The van der Waals surface area contributed by atoms with E-state index in [-0.39, 0.29) is 11.9 Å². The zero-order chi connectivity index (χ0) is 14.3. The molecule has 0 saturated carbocycles. The first-order chi connectivity index (χ1) is 9.06. The van der Waals surface area contributed by atoms with Crippen LogP contribution in [0.4, 0.5) is 10.5 Å². The summed E-state index contributed by atoms with van der Waals surface area (Å²) in [7, 11) is 0. The number of carbonyl (C=O) groups is 1. The molecular weight excluding hydrogens is 242 g/mol. The number of carbonyl (C=O) groups excluding carboxylic acids is 1. The van der Waals surface area contributed by atoms with Crippen LogP contribution in [0.15, 0.2) is 18.2 Å². The number of nitrogens with one attached hydrogen (secondary N) is 2. The highest BCUT2D eigenvalue weighted by atomic mass is 16.5. The second kappa shape index (κ2) is 7.27. The first-order valence-corrected chi connectivity index (χ1v) is 6.24. The highest BCUT2D eigenvalue weighted by Crippen LogP contribution is 2.25. The van der Waals surface area contributed by atoms with Gasteiger partial charge in [0.2, 0.25) is 0 Å². The quantitative estimate of drug-likeness (QED) is 0.855. The normalized spacial score (nSPS) is 11.3. The number of anilines is 1. The molecule has 1 aromatic rings. The zero-order valence-corrected chi connectivity index (χ0v) is 11.5. The van der Waals surface area contributed by atoms with E-state index in [2.05, 4.69) is 16.7 Å². The molecule has 0 bridgehead atoms. The maximum Gasteiger partial charge on any atom is 0.319 e. The Labute approximate surface area is 113 Å². The van der Waals surface area contributed by atoms with Crippen molar-refractivity contribution in [3.8, 4) is 11.8 Å². The third-order valence-electron chi connectivity index (χ3n) is 2.47. The van der Waals surface area contributed by atoms with Gasteiger partial charge < -0.3 is 15.4 Å². The summed E-state index contributed by atoms with van der Waals surface area (Å²) in [5, 5.41) is 14.0. The summed E-state index contributed by atoms with van der Waals surface area (Å²) in [6.07, 6.45) is 0. The average Bonchev–Trinajstić information content (AvgIpc) is 2.39. The van der Waals surface area contributed by atoms with Crippen LogP contribution in [0.1, 0.15) is 19.4 Å². The predicted molar refractivity (Wildman–Crippen MR) is 74.1 cm³/mol. The van der Waals surface area contributed by atoms with Gasteiger partial charge in [0.25, 0.3) is 0 Å². The van der Waals surface area contributed by atoms with Crippen LogP contribution in [0.3, 0.4) is 0 Å².